The van der Waals surface area contributed by atoms with Gasteiger partial charge in [0.25, 0.3) is 0 Å². The number of furan rings is 1. The Kier molecular flexibility index (Phi) is 7.78. The van der Waals surface area contributed by atoms with E-state index in [1.807, 2.05) is 11.3 Å². The molecule has 0 atom stereocenters. The number of anilines is 3. The maximum absolute atomic E-state index is 6.79. The van der Waals surface area contributed by atoms with Crippen LogP contribution in [0.2, 0.25) is 0 Å². The second-order valence-electron chi connectivity index (χ2n) is 16.0. The topological polar surface area (TPSA) is 21.3 Å². The number of fused-ring (bicyclic) bond motifs is 11. The lowest BCUT2D eigenvalue weighted by molar-refractivity contribution is 0.672. The third kappa shape index (κ3) is 5.24. The fourth-order valence-electron chi connectivity index (χ4n) is 9.89. The van der Waals surface area contributed by atoms with Gasteiger partial charge in [0.2, 0.25) is 0 Å². The zero-order valence-electron chi connectivity index (χ0n) is 33.5. The van der Waals surface area contributed by atoms with Crippen molar-refractivity contribution in [3.05, 3.63) is 218 Å². The molecule has 0 saturated heterocycles. The highest BCUT2D eigenvalue weighted by molar-refractivity contribution is 7.26. The number of para-hydroxylation sites is 3. The van der Waals surface area contributed by atoms with E-state index in [0.29, 0.717) is 0 Å². The average molecular weight is 809 g/mol. The Hall–Kier alpha value is -7.92. The highest BCUT2D eigenvalue weighted by atomic mass is 32.1. The Labute approximate surface area is 361 Å². The predicted molar refractivity (Wildman–Crippen MR) is 264 cm³/mol. The molecule has 0 spiro atoms. The van der Waals surface area contributed by atoms with E-state index >= 15 is 0 Å². The molecule has 10 aromatic carbocycles. The number of thiophene rings is 1. The number of hydrogen-bond donors (Lipinski definition) is 0. The largest absolute Gasteiger partial charge is 0.455 e. The van der Waals surface area contributed by atoms with Crippen LogP contribution in [0.4, 0.5) is 17.1 Å². The molecule has 290 valence electrons. The normalized spacial score (nSPS) is 11.9. The van der Waals surface area contributed by atoms with E-state index < -0.39 is 0 Å². The molecule has 0 radical (unpaired) electrons. The molecule has 0 unspecified atom stereocenters. The maximum Gasteiger partial charge on any atom is 0.143 e. The van der Waals surface area contributed by atoms with Crippen LogP contribution in [-0.2, 0) is 0 Å². The van der Waals surface area contributed by atoms with Gasteiger partial charge in [0, 0.05) is 64.2 Å². The van der Waals surface area contributed by atoms with Crippen molar-refractivity contribution in [1.82, 2.24) is 4.57 Å². The average Bonchev–Trinajstić information content (AvgIpc) is 4.03. The molecule has 0 saturated carbocycles. The Morgan fingerprint density at radius 2 is 1.06 bits per heavy atom. The number of rotatable bonds is 6. The zero-order valence-corrected chi connectivity index (χ0v) is 34.3. The minimum absolute atomic E-state index is 0.862. The molecular formula is C58H36N2OS. The molecule has 0 aliphatic carbocycles. The Bertz CT molecular complexity index is 3870. The van der Waals surface area contributed by atoms with Gasteiger partial charge in [-0.15, -0.1) is 11.3 Å². The van der Waals surface area contributed by atoms with Crippen LogP contribution in [-0.4, -0.2) is 4.57 Å². The first-order chi connectivity index (χ1) is 30.8. The quantitative estimate of drug-likeness (QED) is 0.167. The molecule has 13 rings (SSSR count). The third-order valence-electron chi connectivity index (χ3n) is 12.6. The number of nitrogens with zero attached hydrogens (tertiary/aromatic N) is 2. The molecule has 0 amide bonds. The monoisotopic (exact) mass is 808 g/mol. The van der Waals surface area contributed by atoms with E-state index in [0.717, 1.165) is 61.0 Å². The van der Waals surface area contributed by atoms with Gasteiger partial charge in [-0.1, -0.05) is 152 Å². The van der Waals surface area contributed by atoms with E-state index in [2.05, 4.69) is 228 Å². The molecule has 62 heavy (non-hydrogen) atoms. The van der Waals surface area contributed by atoms with Crippen LogP contribution in [0.5, 0.6) is 0 Å². The smallest absolute Gasteiger partial charge is 0.143 e. The zero-order chi connectivity index (χ0) is 40.7. The van der Waals surface area contributed by atoms with Crippen molar-refractivity contribution in [3.63, 3.8) is 0 Å². The van der Waals surface area contributed by atoms with Crippen LogP contribution >= 0.6 is 11.3 Å². The lowest BCUT2D eigenvalue weighted by Crippen LogP contribution is -2.11. The minimum atomic E-state index is 0.862. The van der Waals surface area contributed by atoms with Crippen LogP contribution in [0.1, 0.15) is 0 Å². The van der Waals surface area contributed by atoms with E-state index in [1.165, 1.54) is 58.7 Å². The van der Waals surface area contributed by atoms with Crippen molar-refractivity contribution in [2.45, 2.75) is 0 Å². The van der Waals surface area contributed by atoms with Gasteiger partial charge in [0.05, 0.1) is 27.8 Å². The summed E-state index contributed by atoms with van der Waals surface area (Å²) in [5, 5.41) is 9.53. The van der Waals surface area contributed by atoms with Crippen molar-refractivity contribution in [3.8, 4) is 27.9 Å². The van der Waals surface area contributed by atoms with Gasteiger partial charge in [-0.25, -0.2) is 0 Å². The maximum atomic E-state index is 6.79. The minimum Gasteiger partial charge on any atom is -0.455 e. The van der Waals surface area contributed by atoms with Gasteiger partial charge >= 0.3 is 0 Å². The standard InChI is InChI=1S/C58H36N2OS/c1-2-16-39(17-3-1)59-50-26-10-7-21-47(50)55-41(22-13-27-51(55)59)38-31-34-40(35-32-38)60(52-28-14-29-53-56(52)48-36-33-37-15-4-5-18-42(37)57(48)61-53)49-25-9-6-19-43(49)45-23-12-24-46-44-20-8-11-30-54(44)62-58(45)46/h1-36H. The fraction of sp³-hybridized carbons (Fsp3) is 0. The molecule has 0 fully saturated rings. The second-order valence-corrected chi connectivity index (χ2v) is 17.0. The molecular weight excluding hydrogens is 773 g/mol. The van der Waals surface area contributed by atoms with Crippen LogP contribution < -0.4 is 4.90 Å². The summed E-state index contributed by atoms with van der Waals surface area (Å²) in [7, 11) is 0. The summed E-state index contributed by atoms with van der Waals surface area (Å²) in [5.74, 6) is 0. The van der Waals surface area contributed by atoms with Gasteiger partial charge in [-0.2, -0.15) is 0 Å². The highest BCUT2D eigenvalue weighted by Gasteiger charge is 2.24. The summed E-state index contributed by atoms with van der Waals surface area (Å²) in [4.78, 5) is 2.44. The summed E-state index contributed by atoms with van der Waals surface area (Å²) in [6.45, 7) is 0. The van der Waals surface area contributed by atoms with Crippen LogP contribution in [0.15, 0.2) is 223 Å². The molecule has 0 aliphatic rings. The van der Waals surface area contributed by atoms with Crippen LogP contribution in [0.25, 0.3) is 103 Å². The van der Waals surface area contributed by atoms with Gasteiger partial charge in [-0.05, 0) is 83.2 Å². The van der Waals surface area contributed by atoms with E-state index in [4.69, 9.17) is 4.42 Å². The van der Waals surface area contributed by atoms with Gasteiger partial charge < -0.3 is 13.9 Å². The number of hydrogen-bond acceptors (Lipinski definition) is 3. The Balaban J connectivity index is 1.05. The lowest BCUT2D eigenvalue weighted by Gasteiger charge is -2.29. The molecule has 0 aliphatic heterocycles. The van der Waals surface area contributed by atoms with E-state index in [9.17, 15) is 0 Å². The summed E-state index contributed by atoms with van der Waals surface area (Å²) >= 11 is 1.87. The first kappa shape index (κ1) is 34.9. The predicted octanol–water partition coefficient (Wildman–Crippen LogP) is 17.0. The molecule has 0 bridgehead atoms. The Morgan fingerprint density at radius 1 is 0.403 bits per heavy atom. The van der Waals surface area contributed by atoms with Crippen molar-refractivity contribution in [2.24, 2.45) is 0 Å². The van der Waals surface area contributed by atoms with Crippen molar-refractivity contribution >= 4 is 103 Å². The van der Waals surface area contributed by atoms with Crippen LogP contribution in [0, 0.1) is 0 Å². The second kappa shape index (κ2) is 13.8. The van der Waals surface area contributed by atoms with Crippen LogP contribution in [0.3, 0.4) is 0 Å². The Morgan fingerprint density at radius 3 is 1.97 bits per heavy atom. The summed E-state index contributed by atoms with van der Waals surface area (Å²) in [6.07, 6.45) is 0. The lowest BCUT2D eigenvalue weighted by atomic mass is 9.97. The molecule has 0 N–H and O–H groups in total. The first-order valence-corrected chi connectivity index (χ1v) is 21.9. The third-order valence-corrected chi connectivity index (χ3v) is 13.8. The number of aromatic nitrogens is 1. The number of benzene rings is 10. The van der Waals surface area contributed by atoms with Crippen molar-refractivity contribution in [2.75, 3.05) is 4.90 Å². The molecule has 13 aromatic rings. The first-order valence-electron chi connectivity index (χ1n) is 21.1. The van der Waals surface area contributed by atoms with E-state index in [1.54, 1.807) is 0 Å². The molecule has 4 heteroatoms. The summed E-state index contributed by atoms with van der Waals surface area (Å²) in [6, 6.07) is 79.1. The molecule has 3 aromatic heterocycles. The fourth-order valence-corrected chi connectivity index (χ4v) is 11.1. The summed E-state index contributed by atoms with van der Waals surface area (Å²) in [5.41, 5.74) is 13.3. The van der Waals surface area contributed by atoms with Crippen molar-refractivity contribution < 1.29 is 4.42 Å². The van der Waals surface area contributed by atoms with Gasteiger partial charge in [-0.3, -0.25) is 0 Å². The van der Waals surface area contributed by atoms with Gasteiger partial charge in [0.15, 0.2) is 0 Å². The highest BCUT2D eigenvalue weighted by Crippen LogP contribution is 2.49. The van der Waals surface area contributed by atoms with E-state index in [-0.39, 0.29) is 0 Å². The van der Waals surface area contributed by atoms with Gasteiger partial charge in [0.1, 0.15) is 11.2 Å². The summed E-state index contributed by atoms with van der Waals surface area (Å²) < 4.78 is 11.8. The molecule has 3 nitrogen and oxygen atoms in total. The SMILES string of the molecule is c1ccc(-n2c3ccccc3c3c(-c4ccc(N(c5ccccc5-c5cccc6c5sc5ccccc56)c5cccc6oc7c8ccccc8ccc7c56)cc4)cccc32)cc1. The van der Waals surface area contributed by atoms with Crippen molar-refractivity contribution in [1.29, 1.82) is 0 Å². The molecule has 3 heterocycles.